The van der Waals surface area contributed by atoms with Gasteiger partial charge in [-0.15, -0.1) is 0 Å². The first-order chi connectivity index (χ1) is 11.4. The zero-order chi connectivity index (χ0) is 17.1. The molecular weight excluding hydrogens is 316 g/mol. The summed E-state index contributed by atoms with van der Waals surface area (Å²) < 4.78 is 18.0. The SMILES string of the molecule is CCOC1OC2OC3(C)CCC4C(C=O)C(O)CC(C1C)C24OO3. The molecule has 9 atom stereocenters. The van der Waals surface area contributed by atoms with Gasteiger partial charge in [0.15, 0.2) is 18.2 Å². The van der Waals surface area contributed by atoms with Gasteiger partial charge in [-0.1, -0.05) is 6.92 Å². The van der Waals surface area contributed by atoms with Crippen LogP contribution in [0.3, 0.4) is 0 Å². The van der Waals surface area contributed by atoms with Crippen LogP contribution in [0.1, 0.15) is 40.0 Å². The molecule has 4 heterocycles. The van der Waals surface area contributed by atoms with Crippen molar-refractivity contribution in [3.05, 3.63) is 0 Å². The van der Waals surface area contributed by atoms with E-state index in [0.29, 0.717) is 25.9 Å². The van der Waals surface area contributed by atoms with E-state index in [0.717, 1.165) is 6.29 Å². The van der Waals surface area contributed by atoms with Crippen molar-refractivity contribution >= 4 is 6.29 Å². The van der Waals surface area contributed by atoms with Crippen molar-refractivity contribution in [3.8, 4) is 0 Å². The van der Waals surface area contributed by atoms with E-state index in [1.165, 1.54) is 0 Å². The first kappa shape index (κ1) is 16.9. The molecule has 5 rings (SSSR count). The Labute approximate surface area is 141 Å². The van der Waals surface area contributed by atoms with E-state index in [4.69, 9.17) is 24.0 Å². The van der Waals surface area contributed by atoms with Gasteiger partial charge in [0.25, 0.3) is 0 Å². The number of aliphatic hydroxyl groups excluding tert-OH is 1. The van der Waals surface area contributed by atoms with E-state index in [1.807, 2.05) is 20.8 Å². The van der Waals surface area contributed by atoms with Crippen molar-refractivity contribution in [1.82, 2.24) is 0 Å². The highest BCUT2D eigenvalue weighted by Crippen LogP contribution is 2.60. The summed E-state index contributed by atoms with van der Waals surface area (Å²) in [6, 6.07) is 0. The number of hydrogen-bond acceptors (Lipinski definition) is 7. The standard InChI is InChI=1S/C17H26O7/c1-4-20-14-9(2)12-7-13(19)10(8-18)11-5-6-16(3)22-15(21-14)17(11,12)24-23-16/h8-15,19H,4-7H2,1-3H3. The van der Waals surface area contributed by atoms with Crippen LogP contribution < -0.4 is 0 Å². The monoisotopic (exact) mass is 342 g/mol. The molecule has 136 valence electrons. The van der Waals surface area contributed by atoms with E-state index in [2.05, 4.69) is 0 Å². The first-order valence-electron chi connectivity index (χ1n) is 8.90. The topological polar surface area (TPSA) is 83.5 Å². The molecule has 24 heavy (non-hydrogen) atoms. The zero-order valence-corrected chi connectivity index (χ0v) is 14.3. The maximum atomic E-state index is 11.7. The molecule has 4 saturated heterocycles. The van der Waals surface area contributed by atoms with Gasteiger partial charge in [-0.2, -0.15) is 0 Å². The molecule has 1 N–H and O–H groups in total. The summed E-state index contributed by atoms with van der Waals surface area (Å²) in [4.78, 5) is 23.3. The molecule has 7 nitrogen and oxygen atoms in total. The number of aldehydes is 1. The second-order valence-electron chi connectivity index (χ2n) is 7.69. The molecule has 0 aromatic heterocycles. The molecule has 9 unspecified atom stereocenters. The molecule has 0 amide bonds. The highest BCUT2D eigenvalue weighted by Gasteiger charge is 2.71. The molecule has 5 aliphatic rings. The number of carbonyl (C=O) groups excluding carboxylic acids is 1. The Kier molecular flexibility index (Phi) is 4.02. The summed E-state index contributed by atoms with van der Waals surface area (Å²) in [7, 11) is 0. The fourth-order valence-electron chi connectivity index (χ4n) is 5.13. The fourth-order valence-corrected chi connectivity index (χ4v) is 5.13. The second kappa shape index (κ2) is 5.72. The van der Waals surface area contributed by atoms with Crippen molar-refractivity contribution in [2.75, 3.05) is 6.61 Å². The van der Waals surface area contributed by atoms with Crippen LogP contribution in [0.25, 0.3) is 0 Å². The van der Waals surface area contributed by atoms with Crippen LogP contribution in [0, 0.1) is 23.7 Å². The molecule has 2 bridgehead atoms. The molecule has 1 saturated carbocycles. The average Bonchev–Trinajstić information content (AvgIpc) is 2.77. The highest BCUT2D eigenvalue weighted by molar-refractivity contribution is 5.56. The number of ether oxygens (including phenoxy) is 3. The van der Waals surface area contributed by atoms with E-state index in [-0.39, 0.29) is 17.8 Å². The Morgan fingerprint density at radius 1 is 1.33 bits per heavy atom. The molecular formula is C17H26O7. The predicted octanol–water partition coefficient (Wildman–Crippen LogP) is 1.38. The third-order valence-corrected chi connectivity index (χ3v) is 6.37. The van der Waals surface area contributed by atoms with Gasteiger partial charge in [0.2, 0.25) is 5.79 Å². The van der Waals surface area contributed by atoms with Gasteiger partial charge in [-0.3, -0.25) is 0 Å². The van der Waals surface area contributed by atoms with Crippen LogP contribution >= 0.6 is 0 Å². The van der Waals surface area contributed by atoms with Gasteiger partial charge in [0.1, 0.15) is 6.29 Å². The Morgan fingerprint density at radius 3 is 2.83 bits per heavy atom. The Hall–Kier alpha value is -0.570. The molecule has 1 aliphatic carbocycles. The fraction of sp³-hybridized carbons (Fsp3) is 0.941. The van der Waals surface area contributed by atoms with Crippen molar-refractivity contribution in [2.45, 2.75) is 70.1 Å². The first-order valence-corrected chi connectivity index (χ1v) is 8.90. The van der Waals surface area contributed by atoms with Crippen LogP contribution in [0.5, 0.6) is 0 Å². The third-order valence-electron chi connectivity index (χ3n) is 6.37. The molecule has 0 radical (unpaired) electrons. The van der Waals surface area contributed by atoms with E-state index >= 15 is 0 Å². The van der Waals surface area contributed by atoms with Crippen molar-refractivity contribution in [1.29, 1.82) is 0 Å². The van der Waals surface area contributed by atoms with Gasteiger partial charge in [-0.25, -0.2) is 9.78 Å². The lowest BCUT2D eigenvalue weighted by atomic mass is 9.57. The predicted molar refractivity (Wildman–Crippen MR) is 80.2 cm³/mol. The Bertz CT molecular complexity index is 513. The number of hydrogen-bond donors (Lipinski definition) is 1. The molecule has 7 heteroatoms. The summed E-state index contributed by atoms with van der Waals surface area (Å²) in [5.74, 6) is -1.71. The molecule has 5 fully saturated rings. The van der Waals surface area contributed by atoms with Gasteiger partial charge < -0.3 is 24.1 Å². The lowest BCUT2D eigenvalue weighted by Gasteiger charge is -2.60. The lowest BCUT2D eigenvalue weighted by molar-refractivity contribution is -0.578. The van der Waals surface area contributed by atoms with Crippen LogP contribution in [0.2, 0.25) is 0 Å². The molecule has 0 aromatic carbocycles. The normalized spacial score (nSPS) is 56.4. The van der Waals surface area contributed by atoms with E-state index < -0.39 is 36.0 Å². The largest absolute Gasteiger partial charge is 0.392 e. The summed E-state index contributed by atoms with van der Waals surface area (Å²) in [5.41, 5.74) is -0.881. The Balaban J connectivity index is 1.79. The molecule has 4 aliphatic heterocycles. The van der Waals surface area contributed by atoms with Crippen LogP contribution in [-0.4, -0.2) is 48.1 Å². The third kappa shape index (κ3) is 2.15. The number of rotatable bonds is 3. The zero-order valence-electron chi connectivity index (χ0n) is 14.3. The summed E-state index contributed by atoms with van der Waals surface area (Å²) in [6.07, 6.45) is 0.754. The summed E-state index contributed by atoms with van der Waals surface area (Å²) >= 11 is 0. The van der Waals surface area contributed by atoms with E-state index in [1.54, 1.807) is 0 Å². The number of carbonyl (C=O) groups is 1. The molecule has 1 spiro atoms. The summed E-state index contributed by atoms with van der Waals surface area (Å²) in [5, 5.41) is 10.6. The van der Waals surface area contributed by atoms with Crippen LogP contribution in [0.4, 0.5) is 0 Å². The van der Waals surface area contributed by atoms with Crippen LogP contribution in [-0.2, 0) is 28.8 Å². The van der Waals surface area contributed by atoms with Crippen LogP contribution in [0.15, 0.2) is 0 Å². The van der Waals surface area contributed by atoms with Gasteiger partial charge in [-0.05, 0) is 26.7 Å². The lowest BCUT2D eigenvalue weighted by Crippen LogP contribution is -2.72. The Morgan fingerprint density at radius 2 is 2.12 bits per heavy atom. The maximum Gasteiger partial charge on any atom is 0.201 e. The smallest absolute Gasteiger partial charge is 0.201 e. The van der Waals surface area contributed by atoms with E-state index in [9.17, 15) is 9.90 Å². The van der Waals surface area contributed by atoms with Gasteiger partial charge in [0.05, 0.1) is 6.10 Å². The quantitative estimate of drug-likeness (QED) is 0.613. The minimum atomic E-state index is -0.909. The summed E-state index contributed by atoms with van der Waals surface area (Å²) in [6.45, 7) is 6.29. The van der Waals surface area contributed by atoms with Crippen molar-refractivity contribution in [3.63, 3.8) is 0 Å². The van der Waals surface area contributed by atoms with Crippen molar-refractivity contribution in [2.24, 2.45) is 23.7 Å². The van der Waals surface area contributed by atoms with Gasteiger partial charge >= 0.3 is 0 Å². The number of aliphatic hydroxyl groups is 1. The minimum absolute atomic E-state index is 0.0133. The van der Waals surface area contributed by atoms with Crippen molar-refractivity contribution < 1.29 is 33.9 Å². The minimum Gasteiger partial charge on any atom is -0.392 e. The average molecular weight is 342 g/mol. The highest BCUT2D eigenvalue weighted by atomic mass is 17.3. The number of fused-ring (bicyclic) bond motifs is 2. The van der Waals surface area contributed by atoms with Gasteiger partial charge in [0, 0.05) is 36.7 Å². The molecule has 0 aromatic rings. The maximum absolute atomic E-state index is 11.7. The second-order valence-corrected chi connectivity index (χ2v) is 7.69.